The van der Waals surface area contributed by atoms with Gasteiger partial charge in [-0.2, -0.15) is 0 Å². The summed E-state index contributed by atoms with van der Waals surface area (Å²) in [5.41, 5.74) is 0. The van der Waals surface area contributed by atoms with E-state index in [1.165, 1.54) is 4.88 Å². The van der Waals surface area contributed by atoms with E-state index in [4.69, 9.17) is 9.47 Å². The maximum atomic E-state index is 9.37. The Kier molecular flexibility index (Phi) is 5.63. The number of thiophene rings is 1. The summed E-state index contributed by atoms with van der Waals surface area (Å²) in [5.74, 6) is 0. The van der Waals surface area contributed by atoms with Crippen molar-refractivity contribution in [3.8, 4) is 5.06 Å². The molecule has 1 unspecified atom stereocenters. The maximum Gasteiger partial charge on any atom is 0.173 e. The van der Waals surface area contributed by atoms with Gasteiger partial charge in [-0.1, -0.05) is 0 Å². The van der Waals surface area contributed by atoms with Crippen LogP contribution in [0.3, 0.4) is 0 Å². The normalized spacial score (nSPS) is 12.7. The van der Waals surface area contributed by atoms with Crippen molar-refractivity contribution in [2.24, 2.45) is 0 Å². The predicted molar refractivity (Wildman–Crippen MR) is 60.5 cm³/mol. The van der Waals surface area contributed by atoms with Gasteiger partial charge in [-0.25, -0.2) is 0 Å². The van der Waals surface area contributed by atoms with Crippen molar-refractivity contribution in [1.29, 1.82) is 0 Å². The molecule has 0 saturated heterocycles. The van der Waals surface area contributed by atoms with E-state index in [2.05, 4.69) is 5.32 Å². The Morgan fingerprint density at radius 1 is 1.47 bits per heavy atom. The van der Waals surface area contributed by atoms with Gasteiger partial charge in [0.05, 0.1) is 19.8 Å². The van der Waals surface area contributed by atoms with Gasteiger partial charge in [-0.05, 0) is 12.1 Å². The van der Waals surface area contributed by atoms with Crippen LogP contribution >= 0.6 is 11.3 Å². The van der Waals surface area contributed by atoms with Crippen LogP contribution in [0, 0.1) is 0 Å². The molecule has 0 aliphatic carbocycles. The van der Waals surface area contributed by atoms with Gasteiger partial charge in [0, 0.05) is 25.1 Å². The van der Waals surface area contributed by atoms with Crippen LogP contribution in [-0.2, 0) is 11.3 Å². The van der Waals surface area contributed by atoms with Crippen molar-refractivity contribution in [2.45, 2.75) is 12.6 Å². The maximum absolute atomic E-state index is 9.37. The van der Waals surface area contributed by atoms with Crippen LogP contribution in [0.4, 0.5) is 0 Å². The summed E-state index contributed by atoms with van der Waals surface area (Å²) in [4.78, 5) is 1.19. The smallest absolute Gasteiger partial charge is 0.173 e. The van der Waals surface area contributed by atoms with E-state index in [-0.39, 0.29) is 0 Å². The fourth-order valence-corrected chi connectivity index (χ4v) is 1.96. The van der Waals surface area contributed by atoms with E-state index in [1.807, 2.05) is 12.1 Å². The molecule has 0 aromatic carbocycles. The Balaban J connectivity index is 2.19. The lowest BCUT2D eigenvalue weighted by Gasteiger charge is -2.09. The van der Waals surface area contributed by atoms with E-state index in [0.717, 1.165) is 11.6 Å². The zero-order chi connectivity index (χ0) is 11.1. The minimum atomic E-state index is -0.447. The van der Waals surface area contributed by atoms with Gasteiger partial charge in [0.15, 0.2) is 5.06 Å². The average Bonchev–Trinajstić information content (AvgIpc) is 2.66. The topological polar surface area (TPSA) is 50.7 Å². The number of rotatable bonds is 7. The minimum absolute atomic E-state index is 0.362. The van der Waals surface area contributed by atoms with Gasteiger partial charge in [0.1, 0.15) is 0 Å². The second-order valence-corrected chi connectivity index (χ2v) is 4.30. The molecule has 4 nitrogen and oxygen atoms in total. The van der Waals surface area contributed by atoms with Gasteiger partial charge in [0.2, 0.25) is 0 Å². The fraction of sp³-hybridized carbons (Fsp3) is 0.600. The lowest BCUT2D eigenvalue weighted by atomic mass is 10.3. The van der Waals surface area contributed by atoms with Crippen molar-refractivity contribution in [1.82, 2.24) is 5.32 Å². The molecule has 0 amide bonds. The van der Waals surface area contributed by atoms with Crippen LogP contribution in [0.1, 0.15) is 4.88 Å². The lowest BCUT2D eigenvalue weighted by Crippen LogP contribution is -2.29. The Labute approximate surface area is 93.8 Å². The Bertz CT molecular complexity index is 277. The van der Waals surface area contributed by atoms with Crippen molar-refractivity contribution >= 4 is 11.3 Å². The highest BCUT2D eigenvalue weighted by Gasteiger charge is 2.03. The second kappa shape index (κ2) is 6.79. The first-order chi connectivity index (χ1) is 7.26. The number of aliphatic hydroxyl groups excluding tert-OH is 1. The third-order valence-corrected chi connectivity index (χ3v) is 2.92. The number of hydrogen-bond acceptors (Lipinski definition) is 5. The number of hydrogen-bond donors (Lipinski definition) is 2. The molecule has 5 heteroatoms. The first kappa shape index (κ1) is 12.4. The van der Waals surface area contributed by atoms with E-state index < -0.39 is 6.10 Å². The summed E-state index contributed by atoms with van der Waals surface area (Å²) in [6, 6.07) is 3.95. The molecule has 0 bridgehead atoms. The van der Waals surface area contributed by atoms with Crippen LogP contribution in [0.25, 0.3) is 0 Å². The highest BCUT2D eigenvalue weighted by molar-refractivity contribution is 7.13. The van der Waals surface area contributed by atoms with Crippen molar-refractivity contribution in [3.63, 3.8) is 0 Å². The first-order valence-corrected chi connectivity index (χ1v) is 5.58. The standard InChI is InChI=1S/C10H17NO3S/c1-13-7-8(12)5-11-6-9-3-4-10(14-2)15-9/h3-4,8,11-12H,5-7H2,1-2H3. The molecule has 15 heavy (non-hydrogen) atoms. The van der Waals surface area contributed by atoms with Crippen LogP contribution in [0.15, 0.2) is 12.1 Å². The summed E-state index contributed by atoms with van der Waals surface area (Å²) in [6.07, 6.45) is -0.447. The van der Waals surface area contributed by atoms with Gasteiger partial charge in [0.25, 0.3) is 0 Å². The number of nitrogens with one attached hydrogen (secondary N) is 1. The molecule has 0 saturated carbocycles. The molecule has 1 atom stereocenters. The van der Waals surface area contributed by atoms with E-state index in [0.29, 0.717) is 13.2 Å². The van der Waals surface area contributed by atoms with Crippen LogP contribution in [0.2, 0.25) is 0 Å². The molecule has 1 aromatic heterocycles. The molecular formula is C10H17NO3S. The van der Waals surface area contributed by atoms with Crippen molar-refractivity contribution < 1.29 is 14.6 Å². The van der Waals surface area contributed by atoms with E-state index >= 15 is 0 Å². The molecule has 0 fully saturated rings. The molecule has 86 valence electrons. The summed E-state index contributed by atoms with van der Waals surface area (Å²) >= 11 is 1.60. The highest BCUT2D eigenvalue weighted by Crippen LogP contribution is 2.23. The van der Waals surface area contributed by atoms with Crippen LogP contribution < -0.4 is 10.1 Å². The monoisotopic (exact) mass is 231 g/mol. The van der Waals surface area contributed by atoms with Gasteiger partial charge < -0.3 is 19.9 Å². The summed E-state index contributed by atoms with van der Waals surface area (Å²) in [7, 11) is 3.23. The lowest BCUT2D eigenvalue weighted by molar-refractivity contribution is 0.0644. The summed E-state index contributed by atoms with van der Waals surface area (Å²) < 4.78 is 9.90. The molecular weight excluding hydrogens is 214 g/mol. The third-order valence-electron chi connectivity index (χ3n) is 1.88. The van der Waals surface area contributed by atoms with Crippen molar-refractivity contribution in [2.75, 3.05) is 27.4 Å². The molecule has 0 radical (unpaired) electrons. The third kappa shape index (κ3) is 4.61. The number of methoxy groups -OCH3 is 2. The zero-order valence-corrected chi connectivity index (χ0v) is 9.84. The van der Waals surface area contributed by atoms with Crippen LogP contribution in [-0.4, -0.2) is 38.6 Å². The molecule has 1 rings (SSSR count). The van der Waals surface area contributed by atoms with Gasteiger partial charge in [-0.3, -0.25) is 0 Å². The largest absolute Gasteiger partial charge is 0.487 e. The average molecular weight is 231 g/mol. The first-order valence-electron chi connectivity index (χ1n) is 4.76. The molecule has 0 aliphatic heterocycles. The van der Waals surface area contributed by atoms with Crippen molar-refractivity contribution in [3.05, 3.63) is 17.0 Å². The second-order valence-electron chi connectivity index (χ2n) is 3.16. The molecule has 0 aliphatic rings. The molecule has 2 N–H and O–H groups in total. The molecule has 1 heterocycles. The fourth-order valence-electron chi connectivity index (χ4n) is 1.18. The highest BCUT2D eigenvalue weighted by atomic mass is 32.1. The minimum Gasteiger partial charge on any atom is -0.487 e. The molecule has 1 aromatic rings. The number of aliphatic hydroxyl groups is 1. The Morgan fingerprint density at radius 2 is 2.27 bits per heavy atom. The quantitative estimate of drug-likeness (QED) is 0.730. The summed E-state index contributed by atoms with van der Waals surface area (Å²) in [5, 5.41) is 13.4. The Morgan fingerprint density at radius 3 is 2.87 bits per heavy atom. The summed E-state index contributed by atoms with van der Waals surface area (Å²) in [6.45, 7) is 1.64. The predicted octanol–water partition coefficient (Wildman–Crippen LogP) is 0.854. The van der Waals surface area contributed by atoms with Crippen LogP contribution in [0.5, 0.6) is 5.06 Å². The van der Waals surface area contributed by atoms with Gasteiger partial charge >= 0.3 is 0 Å². The zero-order valence-electron chi connectivity index (χ0n) is 9.03. The molecule has 0 spiro atoms. The Hall–Kier alpha value is -0.620. The SMILES string of the molecule is COCC(O)CNCc1ccc(OC)s1. The van der Waals surface area contributed by atoms with E-state index in [9.17, 15) is 5.11 Å². The van der Waals surface area contributed by atoms with E-state index in [1.54, 1.807) is 25.6 Å². The number of ether oxygens (including phenoxy) is 2. The van der Waals surface area contributed by atoms with Gasteiger partial charge in [-0.15, -0.1) is 11.3 Å².